The number of benzene rings is 2. The number of aliphatic hydroxyl groups excluding tert-OH is 1. The normalized spacial score (nSPS) is 12.3. The molecule has 0 saturated carbocycles. The second-order valence-corrected chi connectivity index (χ2v) is 6.64. The average Bonchev–Trinajstić information content (AvgIpc) is 2.74. The molecule has 0 amide bonds. The van der Waals surface area contributed by atoms with Crippen LogP contribution in [0.15, 0.2) is 36.5 Å². The summed E-state index contributed by atoms with van der Waals surface area (Å²) in [5, 5.41) is 11.1. The van der Waals surface area contributed by atoms with Crippen LogP contribution in [0, 0.1) is 0 Å². The van der Waals surface area contributed by atoms with Crippen LogP contribution in [0.4, 0.5) is 0 Å². The molecule has 1 N–H and O–H groups in total. The molecular weight excluding hydrogens is 358 g/mol. The van der Waals surface area contributed by atoms with Gasteiger partial charge in [0.25, 0.3) is 0 Å². The van der Waals surface area contributed by atoms with Gasteiger partial charge >= 0.3 is 0 Å². The molecule has 0 bridgehead atoms. The fourth-order valence-corrected chi connectivity index (χ4v) is 3.81. The minimum atomic E-state index is -0.0395. The second kappa shape index (κ2) is 7.56. The number of fused-ring (bicyclic) bond motifs is 4. The van der Waals surface area contributed by atoms with Crippen molar-refractivity contribution in [3.05, 3.63) is 42.1 Å². The fraction of sp³-hybridized carbons (Fsp3) is 0.318. The van der Waals surface area contributed by atoms with Gasteiger partial charge in [0.15, 0.2) is 35.7 Å². The molecule has 3 aromatic rings. The van der Waals surface area contributed by atoms with Crippen molar-refractivity contribution in [3.63, 3.8) is 0 Å². The first-order valence-electron chi connectivity index (χ1n) is 9.23. The number of hydrogen-bond acceptors (Lipinski definition) is 5. The van der Waals surface area contributed by atoms with Crippen LogP contribution in [-0.4, -0.2) is 39.6 Å². The summed E-state index contributed by atoms with van der Waals surface area (Å²) in [6.07, 6.45) is 3.01. The molecule has 0 atom stereocenters. The van der Waals surface area contributed by atoms with Gasteiger partial charge in [-0.1, -0.05) is 0 Å². The molecule has 1 aliphatic rings. The number of ether oxygens (including phenoxy) is 4. The predicted octanol–water partition coefficient (Wildman–Crippen LogP) is 2.75. The lowest BCUT2D eigenvalue weighted by Gasteiger charge is -2.19. The summed E-state index contributed by atoms with van der Waals surface area (Å²) in [5.41, 5.74) is 3.51. The molecule has 6 heteroatoms. The number of aromatic nitrogens is 1. The molecule has 1 aliphatic heterocycles. The summed E-state index contributed by atoms with van der Waals surface area (Å²) < 4.78 is 24.4. The highest BCUT2D eigenvalue weighted by atomic mass is 16.5. The monoisotopic (exact) mass is 382 g/mol. The Morgan fingerprint density at radius 3 is 2.46 bits per heavy atom. The number of nitrogens with zero attached hydrogens (tertiary/aromatic N) is 1. The largest absolute Gasteiger partial charge is 0.493 e. The van der Waals surface area contributed by atoms with E-state index >= 15 is 0 Å². The standard InChI is InChI=1S/C22H24NO5/c1-25-20-11-15-6-7-23-13-17-14(10-18(23)16(15)12-21(20)26-2)4-5-19(22(17)27-3)28-9-8-24/h4-5,10-13,24H,6-9H2,1-3H3/q+1. The van der Waals surface area contributed by atoms with E-state index in [4.69, 9.17) is 24.1 Å². The molecular formula is C22H24NO5+. The van der Waals surface area contributed by atoms with E-state index in [1.807, 2.05) is 18.2 Å². The third kappa shape index (κ3) is 2.99. The van der Waals surface area contributed by atoms with Gasteiger partial charge < -0.3 is 24.1 Å². The number of methoxy groups -OCH3 is 3. The predicted molar refractivity (Wildman–Crippen MR) is 106 cm³/mol. The first kappa shape index (κ1) is 18.4. The molecule has 0 fully saturated rings. The van der Waals surface area contributed by atoms with Crippen LogP contribution in [0.2, 0.25) is 0 Å². The Balaban J connectivity index is 1.88. The Morgan fingerprint density at radius 1 is 0.964 bits per heavy atom. The molecule has 146 valence electrons. The quantitative estimate of drug-likeness (QED) is 0.665. The Bertz CT molecular complexity index is 1030. The van der Waals surface area contributed by atoms with Gasteiger partial charge in [0.2, 0.25) is 5.69 Å². The Morgan fingerprint density at radius 2 is 1.75 bits per heavy atom. The van der Waals surface area contributed by atoms with E-state index in [-0.39, 0.29) is 13.2 Å². The molecule has 0 aliphatic carbocycles. The number of pyridine rings is 1. The van der Waals surface area contributed by atoms with Crippen molar-refractivity contribution in [1.82, 2.24) is 0 Å². The van der Waals surface area contributed by atoms with Crippen LogP contribution in [0.1, 0.15) is 5.56 Å². The van der Waals surface area contributed by atoms with Crippen LogP contribution in [-0.2, 0) is 13.0 Å². The van der Waals surface area contributed by atoms with E-state index in [1.165, 1.54) is 5.56 Å². The molecule has 6 nitrogen and oxygen atoms in total. The van der Waals surface area contributed by atoms with E-state index in [0.29, 0.717) is 11.5 Å². The molecule has 0 radical (unpaired) electrons. The highest BCUT2D eigenvalue weighted by Gasteiger charge is 2.27. The second-order valence-electron chi connectivity index (χ2n) is 6.64. The summed E-state index contributed by atoms with van der Waals surface area (Å²) in [5.74, 6) is 2.79. The van der Waals surface area contributed by atoms with Crippen molar-refractivity contribution >= 4 is 10.8 Å². The molecule has 2 heterocycles. The summed E-state index contributed by atoms with van der Waals surface area (Å²) in [7, 11) is 4.95. The first-order chi connectivity index (χ1) is 13.7. The maximum absolute atomic E-state index is 9.05. The smallest absolute Gasteiger partial charge is 0.213 e. The van der Waals surface area contributed by atoms with Gasteiger partial charge in [-0.05, 0) is 35.2 Å². The van der Waals surface area contributed by atoms with Gasteiger partial charge in [0, 0.05) is 12.5 Å². The number of hydrogen-bond donors (Lipinski definition) is 1. The van der Waals surface area contributed by atoms with Crippen molar-refractivity contribution in [2.75, 3.05) is 34.5 Å². The molecule has 28 heavy (non-hydrogen) atoms. The van der Waals surface area contributed by atoms with Gasteiger partial charge in [0.1, 0.15) is 6.61 Å². The molecule has 4 rings (SSSR count). The zero-order valence-corrected chi connectivity index (χ0v) is 16.3. The third-order valence-electron chi connectivity index (χ3n) is 5.14. The zero-order valence-electron chi connectivity index (χ0n) is 16.3. The Kier molecular flexibility index (Phi) is 4.96. The van der Waals surface area contributed by atoms with Crippen molar-refractivity contribution in [3.8, 4) is 34.3 Å². The summed E-state index contributed by atoms with van der Waals surface area (Å²) in [6.45, 7) is 1.05. The number of aliphatic hydroxyl groups is 1. The summed E-state index contributed by atoms with van der Waals surface area (Å²) in [6, 6.07) is 10.2. The Labute approximate surface area is 163 Å². The lowest BCUT2D eigenvalue weighted by atomic mass is 9.95. The molecule has 0 unspecified atom stereocenters. The highest BCUT2D eigenvalue weighted by Crippen LogP contribution is 2.40. The fourth-order valence-electron chi connectivity index (χ4n) is 3.81. The van der Waals surface area contributed by atoms with Crippen LogP contribution in [0.25, 0.3) is 22.0 Å². The summed E-state index contributed by atoms with van der Waals surface area (Å²) in [4.78, 5) is 0. The average molecular weight is 382 g/mol. The van der Waals surface area contributed by atoms with Crippen LogP contribution in [0.3, 0.4) is 0 Å². The van der Waals surface area contributed by atoms with E-state index in [0.717, 1.165) is 46.5 Å². The van der Waals surface area contributed by atoms with E-state index in [1.54, 1.807) is 21.3 Å². The van der Waals surface area contributed by atoms with Crippen LogP contribution >= 0.6 is 0 Å². The SMILES string of the molecule is COc1cc2c(cc1OC)-c1cc3ccc(OCCO)c(OC)c3c[n+]1CC2. The van der Waals surface area contributed by atoms with E-state index in [2.05, 4.69) is 22.9 Å². The maximum Gasteiger partial charge on any atom is 0.213 e. The molecule has 1 aromatic heterocycles. The van der Waals surface area contributed by atoms with Crippen molar-refractivity contribution in [2.24, 2.45) is 0 Å². The third-order valence-corrected chi connectivity index (χ3v) is 5.14. The van der Waals surface area contributed by atoms with Gasteiger partial charge in [-0.15, -0.1) is 0 Å². The number of rotatable bonds is 6. The zero-order chi connectivity index (χ0) is 19.7. The lowest BCUT2D eigenvalue weighted by Crippen LogP contribution is -2.40. The minimum Gasteiger partial charge on any atom is -0.493 e. The van der Waals surface area contributed by atoms with Gasteiger partial charge in [0.05, 0.1) is 38.9 Å². The maximum atomic E-state index is 9.05. The lowest BCUT2D eigenvalue weighted by molar-refractivity contribution is -0.686. The Hall–Kier alpha value is -2.99. The number of aryl methyl sites for hydroxylation is 2. The first-order valence-corrected chi connectivity index (χ1v) is 9.23. The van der Waals surface area contributed by atoms with Gasteiger partial charge in [-0.25, -0.2) is 0 Å². The van der Waals surface area contributed by atoms with Gasteiger partial charge in [-0.2, -0.15) is 4.57 Å². The molecule has 0 saturated heterocycles. The molecule has 0 spiro atoms. The summed E-state index contributed by atoms with van der Waals surface area (Å²) >= 11 is 0. The highest BCUT2D eigenvalue weighted by molar-refractivity contribution is 5.91. The molecule has 2 aromatic carbocycles. The minimum absolute atomic E-state index is 0.0395. The van der Waals surface area contributed by atoms with Crippen LogP contribution < -0.4 is 23.5 Å². The van der Waals surface area contributed by atoms with Crippen molar-refractivity contribution in [2.45, 2.75) is 13.0 Å². The van der Waals surface area contributed by atoms with Crippen LogP contribution in [0.5, 0.6) is 23.0 Å². The van der Waals surface area contributed by atoms with Crippen molar-refractivity contribution in [1.29, 1.82) is 0 Å². The van der Waals surface area contributed by atoms with Crippen molar-refractivity contribution < 1.29 is 28.6 Å². The van der Waals surface area contributed by atoms with E-state index < -0.39 is 0 Å². The topological polar surface area (TPSA) is 61.0 Å². The van der Waals surface area contributed by atoms with E-state index in [9.17, 15) is 0 Å². The van der Waals surface area contributed by atoms with Gasteiger partial charge in [-0.3, -0.25) is 0 Å².